The van der Waals surface area contributed by atoms with Gasteiger partial charge in [0.2, 0.25) is 5.91 Å². The number of nitrogens with two attached hydrogens (primary N) is 1. The molecule has 0 aliphatic carbocycles. The minimum atomic E-state index is -0.622. The molecule has 1 rings (SSSR count). The number of aromatic nitrogens is 1. The van der Waals surface area contributed by atoms with Crippen molar-refractivity contribution in [1.29, 1.82) is 0 Å². The number of hydrogen-bond acceptors (Lipinski definition) is 4. The van der Waals surface area contributed by atoms with Gasteiger partial charge in [0, 0.05) is 17.9 Å². The summed E-state index contributed by atoms with van der Waals surface area (Å²) in [5, 5.41) is 5.27. The molecule has 0 radical (unpaired) electrons. The fraction of sp³-hybridized carbons (Fsp3) is 0.417. The molecule has 1 heterocycles. The third-order valence-corrected chi connectivity index (χ3v) is 2.19. The van der Waals surface area contributed by atoms with Crippen LogP contribution in [-0.2, 0) is 4.79 Å². The van der Waals surface area contributed by atoms with E-state index in [-0.39, 0.29) is 17.6 Å². The topological polar surface area (TPSA) is 97.1 Å². The Morgan fingerprint density at radius 3 is 2.50 bits per heavy atom. The third-order valence-electron chi connectivity index (χ3n) is 2.19. The molecule has 0 saturated carbocycles. The van der Waals surface area contributed by atoms with Gasteiger partial charge in [-0.25, -0.2) is 0 Å². The zero-order valence-electron chi connectivity index (χ0n) is 10.7. The third kappa shape index (κ3) is 4.04. The molecule has 0 fully saturated rings. The smallest absolute Gasteiger partial charge is 0.270 e. The Hall–Kier alpha value is -2.11. The number of nitrogen functional groups attached to an aromatic ring is 1. The maximum absolute atomic E-state index is 11.8. The molecule has 1 aromatic heterocycles. The second-order valence-electron chi connectivity index (χ2n) is 4.33. The SMILES string of the molecule is CC(C)NC(=O)C(C)NC(=O)c1cc(N)ccn1. The average molecular weight is 250 g/mol. The van der Waals surface area contributed by atoms with Crippen LogP contribution in [0.5, 0.6) is 0 Å². The standard InChI is InChI=1S/C12H18N4O2/c1-7(2)15-11(17)8(3)16-12(18)10-6-9(13)4-5-14-10/h4-8H,1-3H3,(H2,13,14)(H,15,17)(H,16,18). The summed E-state index contributed by atoms with van der Waals surface area (Å²) in [5.74, 6) is -0.657. The Morgan fingerprint density at radius 2 is 1.94 bits per heavy atom. The highest BCUT2D eigenvalue weighted by Crippen LogP contribution is 2.03. The number of nitrogens with zero attached hydrogens (tertiary/aromatic N) is 1. The Kier molecular flexibility index (Phi) is 4.65. The lowest BCUT2D eigenvalue weighted by Gasteiger charge is -2.15. The molecule has 0 spiro atoms. The van der Waals surface area contributed by atoms with Crippen molar-refractivity contribution in [3.63, 3.8) is 0 Å². The quantitative estimate of drug-likeness (QED) is 0.716. The maximum atomic E-state index is 11.8. The van der Waals surface area contributed by atoms with Gasteiger partial charge in [-0.2, -0.15) is 0 Å². The van der Waals surface area contributed by atoms with Crippen molar-refractivity contribution >= 4 is 17.5 Å². The first-order valence-corrected chi connectivity index (χ1v) is 5.73. The monoisotopic (exact) mass is 250 g/mol. The van der Waals surface area contributed by atoms with Crippen LogP contribution < -0.4 is 16.4 Å². The van der Waals surface area contributed by atoms with E-state index in [0.717, 1.165) is 0 Å². The van der Waals surface area contributed by atoms with Crippen molar-refractivity contribution in [2.45, 2.75) is 32.9 Å². The van der Waals surface area contributed by atoms with Crippen LogP contribution in [-0.4, -0.2) is 28.9 Å². The number of hydrogen-bond donors (Lipinski definition) is 3. The minimum Gasteiger partial charge on any atom is -0.399 e. The first-order valence-electron chi connectivity index (χ1n) is 5.73. The van der Waals surface area contributed by atoms with Crippen molar-refractivity contribution < 1.29 is 9.59 Å². The maximum Gasteiger partial charge on any atom is 0.270 e. The van der Waals surface area contributed by atoms with E-state index in [1.54, 1.807) is 13.0 Å². The summed E-state index contributed by atoms with van der Waals surface area (Å²) >= 11 is 0. The molecule has 0 aliphatic rings. The molecular formula is C12H18N4O2. The van der Waals surface area contributed by atoms with Crippen LogP contribution in [0.4, 0.5) is 5.69 Å². The molecule has 18 heavy (non-hydrogen) atoms. The molecule has 0 bridgehead atoms. The van der Waals surface area contributed by atoms with Crippen LogP contribution in [0.15, 0.2) is 18.3 Å². The highest BCUT2D eigenvalue weighted by Gasteiger charge is 2.17. The predicted octanol–water partition coefficient (Wildman–Crippen LogP) is 0.307. The molecule has 1 aromatic rings. The minimum absolute atomic E-state index is 0.0300. The lowest BCUT2D eigenvalue weighted by Crippen LogP contribution is -2.46. The van der Waals surface area contributed by atoms with Crippen molar-refractivity contribution in [2.75, 3.05) is 5.73 Å². The van der Waals surface area contributed by atoms with Crippen LogP contribution in [0.2, 0.25) is 0 Å². The van der Waals surface area contributed by atoms with Gasteiger partial charge in [-0.15, -0.1) is 0 Å². The Bertz CT molecular complexity index is 445. The normalized spacial score (nSPS) is 12.0. The summed E-state index contributed by atoms with van der Waals surface area (Å²) < 4.78 is 0. The van der Waals surface area contributed by atoms with Crippen molar-refractivity contribution in [3.05, 3.63) is 24.0 Å². The molecule has 0 aliphatic heterocycles. The van der Waals surface area contributed by atoms with E-state index in [9.17, 15) is 9.59 Å². The van der Waals surface area contributed by atoms with Gasteiger partial charge in [-0.05, 0) is 32.9 Å². The molecule has 1 unspecified atom stereocenters. The number of pyridine rings is 1. The molecular weight excluding hydrogens is 232 g/mol. The summed E-state index contributed by atoms with van der Waals surface area (Å²) in [7, 11) is 0. The average Bonchev–Trinajstić information content (AvgIpc) is 2.27. The van der Waals surface area contributed by atoms with E-state index in [4.69, 9.17) is 5.73 Å². The highest BCUT2D eigenvalue weighted by atomic mass is 16.2. The second kappa shape index (κ2) is 6.00. The summed E-state index contributed by atoms with van der Waals surface area (Å²) in [5.41, 5.74) is 6.20. The van der Waals surface area contributed by atoms with E-state index >= 15 is 0 Å². The van der Waals surface area contributed by atoms with Gasteiger partial charge in [0.25, 0.3) is 5.91 Å². The predicted molar refractivity (Wildman–Crippen MR) is 68.9 cm³/mol. The number of rotatable bonds is 4. The van der Waals surface area contributed by atoms with E-state index in [2.05, 4.69) is 15.6 Å². The summed E-state index contributed by atoms with van der Waals surface area (Å²) in [6.07, 6.45) is 1.45. The zero-order chi connectivity index (χ0) is 13.7. The van der Waals surface area contributed by atoms with E-state index in [1.807, 2.05) is 13.8 Å². The van der Waals surface area contributed by atoms with E-state index < -0.39 is 11.9 Å². The number of carbonyl (C=O) groups is 2. The van der Waals surface area contributed by atoms with Crippen molar-refractivity contribution in [3.8, 4) is 0 Å². The second-order valence-corrected chi connectivity index (χ2v) is 4.33. The Morgan fingerprint density at radius 1 is 1.28 bits per heavy atom. The van der Waals surface area contributed by atoms with Gasteiger partial charge in [-0.3, -0.25) is 14.6 Å². The summed E-state index contributed by atoms with van der Waals surface area (Å²) in [6.45, 7) is 5.32. The summed E-state index contributed by atoms with van der Waals surface area (Å²) in [4.78, 5) is 27.3. The van der Waals surface area contributed by atoms with Gasteiger partial charge >= 0.3 is 0 Å². The van der Waals surface area contributed by atoms with Crippen LogP contribution in [0.3, 0.4) is 0 Å². The molecule has 98 valence electrons. The van der Waals surface area contributed by atoms with E-state index in [0.29, 0.717) is 5.69 Å². The van der Waals surface area contributed by atoms with Crippen LogP contribution in [0.1, 0.15) is 31.3 Å². The number of nitrogens with one attached hydrogen (secondary N) is 2. The molecule has 4 N–H and O–H groups in total. The Labute approximate surface area is 106 Å². The molecule has 0 saturated heterocycles. The largest absolute Gasteiger partial charge is 0.399 e. The van der Waals surface area contributed by atoms with Crippen LogP contribution in [0.25, 0.3) is 0 Å². The first-order chi connectivity index (χ1) is 8.40. The highest BCUT2D eigenvalue weighted by molar-refractivity contribution is 5.96. The van der Waals surface area contributed by atoms with E-state index in [1.165, 1.54) is 12.3 Å². The van der Waals surface area contributed by atoms with Crippen LogP contribution >= 0.6 is 0 Å². The molecule has 6 heteroatoms. The van der Waals surface area contributed by atoms with Gasteiger partial charge in [0.15, 0.2) is 0 Å². The van der Waals surface area contributed by atoms with Gasteiger partial charge in [0.1, 0.15) is 11.7 Å². The molecule has 6 nitrogen and oxygen atoms in total. The zero-order valence-corrected chi connectivity index (χ0v) is 10.7. The first kappa shape index (κ1) is 14.0. The van der Waals surface area contributed by atoms with Crippen LogP contribution in [0, 0.1) is 0 Å². The Balaban J connectivity index is 2.62. The number of carbonyl (C=O) groups excluding carboxylic acids is 2. The van der Waals surface area contributed by atoms with Gasteiger partial charge in [0.05, 0.1) is 0 Å². The molecule has 2 amide bonds. The summed E-state index contributed by atoms with van der Waals surface area (Å²) in [6, 6.07) is 2.46. The molecule has 0 aromatic carbocycles. The molecule has 1 atom stereocenters. The van der Waals surface area contributed by atoms with Crippen molar-refractivity contribution in [1.82, 2.24) is 15.6 Å². The van der Waals surface area contributed by atoms with Crippen molar-refractivity contribution in [2.24, 2.45) is 0 Å². The lowest BCUT2D eigenvalue weighted by molar-refractivity contribution is -0.123. The number of amides is 2. The van der Waals surface area contributed by atoms with Gasteiger partial charge in [-0.1, -0.05) is 0 Å². The number of anilines is 1. The van der Waals surface area contributed by atoms with Gasteiger partial charge < -0.3 is 16.4 Å². The fourth-order valence-corrected chi connectivity index (χ4v) is 1.32. The fourth-order valence-electron chi connectivity index (χ4n) is 1.32. The lowest BCUT2D eigenvalue weighted by atomic mass is 10.2.